The quantitative estimate of drug-likeness (QED) is 0.785. The summed E-state index contributed by atoms with van der Waals surface area (Å²) in [7, 11) is -3.84. The molecule has 0 aliphatic carbocycles. The van der Waals surface area contributed by atoms with E-state index in [9.17, 15) is 13.2 Å². The maximum atomic E-state index is 12.3. The summed E-state index contributed by atoms with van der Waals surface area (Å²) in [6, 6.07) is 11.5. The number of benzene rings is 2. The monoisotopic (exact) mass is 348 g/mol. The molecule has 2 rings (SSSR count). The fraction of sp³-hybridized carbons (Fsp3) is 0.235. The van der Waals surface area contributed by atoms with Crippen LogP contribution in [0.3, 0.4) is 0 Å². The molecule has 0 aliphatic rings. The van der Waals surface area contributed by atoms with E-state index >= 15 is 0 Å². The van der Waals surface area contributed by atoms with Gasteiger partial charge in [0.15, 0.2) is 0 Å². The Hall–Kier alpha value is -2.38. The highest BCUT2D eigenvalue weighted by Crippen LogP contribution is 2.16. The van der Waals surface area contributed by atoms with Gasteiger partial charge in [-0.05, 0) is 62.2 Å². The molecule has 0 atom stereocenters. The Kier molecular flexibility index (Phi) is 5.58. The Bertz CT molecular complexity index is 830. The van der Waals surface area contributed by atoms with E-state index in [1.165, 1.54) is 0 Å². The van der Waals surface area contributed by atoms with Crippen LogP contribution in [0, 0.1) is 13.8 Å². The summed E-state index contributed by atoms with van der Waals surface area (Å²) in [6.45, 7) is 5.89. The number of hydrogen-bond acceptors (Lipinski definition) is 4. The Morgan fingerprint density at radius 3 is 2.38 bits per heavy atom. The molecule has 0 heterocycles. The Morgan fingerprint density at radius 1 is 1.08 bits per heavy atom. The van der Waals surface area contributed by atoms with Gasteiger partial charge in [0.1, 0.15) is 5.75 Å². The zero-order chi connectivity index (χ0) is 17.7. The second-order valence-corrected chi connectivity index (χ2v) is 6.94. The SMILES string of the molecule is CCOc1ccc(C(=O)NNS(=O)(=O)c2cc(C)ccc2C)cc1. The van der Waals surface area contributed by atoms with Gasteiger partial charge >= 0.3 is 0 Å². The van der Waals surface area contributed by atoms with Crippen LogP contribution in [-0.4, -0.2) is 20.9 Å². The second-order valence-electron chi connectivity index (χ2n) is 5.29. The predicted molar refractivity (Wildman–Crippen MR) is 91.3 cm³/mol. The Morgan fingerprint density at radius 2 is 1.75 bits per heavy atom. The van der Waals surface area contributed by atoms with E-state index < -0.39 is 15.9 Å². The van der Waals surface area contributed by atoms with E-state index in [4.69, 9.17) is 4.74 Å². The molecular weight excluding hydrogens is 328 g/mol. The molecule has 0 unspecified atom stereocenters. The van der Waals surface area contributed by atoms with Crippen molar-refractivity contribution < 1.29 is 17.9 Å². The number of nitrogens with one attached hydrogen (secondary N) is 2. The molecule has 7 heteroatoms. The van der Waals surface area contributed by atoms with Crippen molar-refractivity contribution in [2.75, 3.05) is 6.61 Å². The number of rotatable bonds is 6. The lowest BCUT2D eigenvalue weighted by Crippen LogP contribution is -2.41. The number of amides is 1. The average Bonchev–Trinajstić information content (AvgIpc) is 2.56. The zero-order valence-electron chi connectivity index (χ0n) is 13.8. The van der Waals surface area contributed by atoms with Crippen molar-refractivity contribution in [1.29, 1.82) is 0 Å². The molecule has 0 radical (unpaired) electrons. The minimum absolute atomic E-state index is 0.134. The smallest absolute Gasteiger partial charge is 0.266 e. The summed E-state index contributed by atoms with van der Waals surface area (Å²) >= 11 is 0. The first-order chi connectivity index (χ1) is 11.3. The number of ether oxygens (including phenoxy) is 1. The van der Waals surface area contributed by atoms with Crippen molar-refractivity contribution in [1.82, 2.24) is 10.3 Å². The van der Waals surface area contributed by atoms with E-state index in [-0.39, 0.29) is 4.90 Å². The fourth-order valence-electron chi connectivity index (χ4n) is 2.11. The van der Waals surface area contributed by atoms with E-state index in [1.807, 2.05) is 13.0 Å². The normalized spacial score (nSPS) is 11.1. The fourth-order valence-corrected chi connectivity index (χ4v) is 3.28. The number of carbonyl (C=O) groups excluding carboxylic acids is 1. The van der Waals surface area contributed by atoms with Crippen LogP contribution < -0.4 is 15.0 Å². The van der Waals surface area contributed by atoms with Gasteiger partial charge in [0.2, 0.25) is 0 Å². The molecule has 0 aliphatic heterocycles. The molecule has 6 nitrogen and oxygen atoms in total. The van der Waals surface area contributed by atoms with Crippen LogP contribution in [0.2, 0.25) is 0 Å². The first-order valence-electron chi connectivity index (χ1n) is 7.46. The van der Waals surface area contributed by atoms with Crippen LogP contribution in [0.1, 0.15) is 28.4 Å². The van der Waals surface area contributed by atoms with Crippen molar-refractivity contribution in [3.8, 4) is 5.75 Å². The van der Waals surface area contributed by atoms with Crippen molar-refractivity contribution in [2.24, 2.45) is 0 Å². The van der Waals surface area contributed by atoms with E-state index in [0.717, 1.165) is 5.56 Å². The highest BCUT2D eigenvalue weighted by molar-refractivity contribution is 7.89. The van der Waals surface area contributed by atoms with Crippen LogP contribution >= 0.6 is 0 Å². The molecule has 0 aromatic heterocycles. The largest absolute Gasteiger partial charge is 0.494 e. The Balaban J connectivity index is 2.08. The van der Waals surface area contributed by atoms with Crippen molar-refractivity contribution in [3.05, 3.63) is 59.2 Å². The van der Waals surface area contributed by atoms with Crippen LogP contribution in [0.25, 0.3) is 0 Å². The van der Waals surface area contributed by atoms with E-state index in [0.29, 0.717) is 23.5 Å². The van der Waals surface area contributed by atoms with E-state index in [1.54, 1.807) is 50.2 Å². The molecule has 128 valence electrons. The lowest BCUT2D eigenvalue weighted by molar-refractivity contribution is 0.0945. The lowest BCUT2D eigenvalue weighted by Gasteiger charge is -2.11. The van der Waals surface area contributed by atoms with Gasteiger partial charge in [-0.1, -0.05) is 12.1 Å². The van der Waals surface area contributed by atoms with Gasteiger partial charge in [0, 0.05) is 5.56 Å². The first kappa shape index (κ1) is 18.0. The van der Waals surface area contributed by atoms with Crippen molar-refractivity contribution >= 4 is 15.9 Å². The molecule has 0 saturated carbocycles. The van der Waals surface area contributed by atoms with Gasteiger partial charge in [-0.2, -0.15) is 0 Å². The molecule has 0 bridgehead atoms. The van der Waals surface area contributed by atoms with E-state index in [2.05, 4.69) is 10.3 Å². The number of aryl methyl sites for hydroxylation is 2. The molecule has 0 saturated heterocycles. The van der Waals surface area contributed by atoms with Crippen LogP contribution in [0.5, 0.6) is 5.75 Å². The van der Waals surface area contributed by atoms with Gasteiger partial charge in [-0.3, -0.25) is 10.2 Å². The summed E-state index contributed by atoms with van der Waals surface area (Å²) in [5.41, 5.74) is 3.96. The first-order valence-corrected chi connectivity index (χ1v) is 8.94. The summed E-state index contributed by atoms with van der Waals surface area (Å²) in [5, 5.41) is 0. The third-order valence-corrected chi connectivity index (χ3v) is 4.75. The zero-order valence-corrected chi connectivity index (χ0v) is 14.6. The second kappa shape index (κ2) is 7.46. The molecule has 2 aromatic rings. The topological polar surface area (TPSA) is 84.5 Å². The lowest BCUT2D eigenvalue weighted by atomic mass is 10.2. The minimum Gasteiger partial charge on any atom is -0.494 e. The summed E-state index contributed by atoms with van der Waals surface area (Å²) in [6.07, 6.45) is 0. The Labute approximate surface area is 141 Å². The maximum Gasteiger partial charge on any atom is 0.266 e. The number of hydrazine groups is 1. The molecule has 2 N–H and O–H groups in total. The minimum atomic E-state index is -3.84. The highest BCUT2D eigenvalue weighted by atomic mass is 32.2. The molecule has 24 heavy (non-hydrogen) atoms. The van der Waals surface area contributed by atoms with Crippen molar-refractivity contribution in [3.63, 3.8) is 0 Å². The third-order valence-electron chi connectivity index (χ3n) is 3.36. The van der Waals surface area contributed by atoms with Gasteiger partial charge in [0.05, 0.1) is 11.5 Å². The number of carbonyl (C=O) groups is 1. The van der Waals surface area contributed by atoms with Gasteiger partial charge in [-0.25, -0.2) is 8.42 Å². The van der Waals surface area contributed by atoms with Gasteiger partial charge in [0.25, 0.3) is 15.9 Å². The summed E-state index contributed by atoms with van der Waals surface area (Å²) in [5.74, 6) is 0.0944. The molecular formula is C17H20N2O4S. The predicted octanol–water partition coefficient (Wildman–Crippen LogP) is 2.33. The van der Waals surface area contributed by atoms with Crippen LogP contribution in [-0.2, 0) is 10.0 Å². The van der Waals surface area contributed by atoms with Gasteiger partial charge < -0.3 is 4.74 Å². The number of hydrogen-bond donors (Lipinski definition) is 2. The van der Waals surface area contributed by atoms with Crippen LogP contribution in [0.4, 0.5) is 0 Å². The summed E-state index contributed by atoms with van der Waals surface area (Å²) in [4.78, 5) is 14.3. The molecule has 2 aromatic carbocycles. The standard InChI is InChI=1S/C17H20N2O4S/c1-4-23-15-9-7-14(8-10-15)17(20)18-19-24(21,22)16-11-12(2)5-6-13(16)3/h5-11,19H,4H2,1-3H3,(H,18,20). The van der Waals surface area contributed by atoms with Crippen molar-refractivity contribution in [2.45, 2.75) is 25.7 Å². The van der Waals surface area contributed by atoms with Crippen LogP contribution in [0.15, 0.2) is 47.4 Å². The van der Waals surface area contributed by atoms with Gasteiger partial charge in [-0.15, -0.1) is 4.83 Å². The maximum absolute atomic E-state index is 12.3. The molecule has 0 fully saturated rings. The summed E-state index contributed by atoms with van der Waals surface area (Å²) < 4.78 is 30.0. The number of sulfonamides is 1. The highest BCUT2D eigenvalue weighted by Gasteiger charge is 2.18. The average molecular weight is 348 g/mol. The third kappa shape index (κ3) is 4.33. The molecule has 1 amide bonds. The molecule has 0 spiro atoms.